The quantitative estimate of drug-likeness (QED) is 0.463. The predicted molar refractivity (Wildman–Crippen MR) is 140 cm³/mol. The van der Waals surface area contributed by atoms with Crippen molar-refractivity contribution in [2.45, 2.75) is 39.8 Å². The molecule has 3 heterocycles. The summed E-state index contributed by atoms with van der Waals surface area (Å²) in [6.45, 7) is 8.58. The van der Waals surface area contributed by atoms with Gasteiger partial charge in [0, 0.05) is 5.56 Å². The van der Waals surface area contributed by atoms with Crippen LogP contribution in [0, 0.1) is 0 Å². The van der Waals surface area contributed by atoms with Crippen molar-refractivity contribution in [2.24, 2.45) is 4.99 Å². The standard InChI is InChI=1S/C28H28N2O6S/c1-5-33-27(32)24-17(4)29-28-30(25(24)19-8-6-7-9-20(19)36-16(2)3)26(31)23(37-28)15-18-10-11-21-22(14-18)35-13-12-34-21/h6-11,14-16,25H,5,12-13H2,1-4H3/b23-15-/t25-/m0/s1. The fourth-order valence-corrected chi connectivity index (χ4v) is 5.50. The van der Waals surface area contributed by atoms with Gasteiger partial charge in [-0.2, -0.15) is 0 Å². The van der Waals surface area contributed by atoms with Crippen molar-refractivity contribution in [3.8, 4) is 17.2 Å². The van der Waals surface area contributed by atoms with Gasteiger partial charge in [-0.05, 0) is 57.5 Å². The number of nitrogens with zero attached hydrogens (tertiary/aromatic N) is 2. The number of aromatic nitrogens is 1. The number of hydrogen-bond donors (Lipinski definition) is 0. The maximum absolute atomic E-state index is 13.9. The van der Waals surface area contributed by atoms with Gasteiger partial charge in [-0.1, -0.05) is 35.6 Å². The zero-order chi connectivity index (χ0) is 26.1. The van der Waals surface area contributed by atoms with Gasteiger partial charge < -0.3 is 18.9 Å². The van der Waals surface area contributed by atoms with Gasteiger partial charge in [0.1, 0.15) is 25.0 Å². The van der Waals surface area contributed by atoms with Crippen LogP contribution in [0.1, 0.15) is 44.9 Å². The van der Waals surface area contributed by atoms with E-state index in [1.807, 2.05) is 56.3 Å². The monoisotopic (exact) mass is 520 g/mol. The summed E-state index contributed by atoms with van der Waals surface area (Å²) in [5.74, 6) is 1.42. The van der Waals surface area contributed by atoms with Gasteiger partial charge in [0.2, 0.25) is 0 Å². The number of carbonyl (C=O) groups excluding carboxylic acids is 1. The lowest BCUT2D eigenvalue weighted by molar-refractivity contribution is -0.139. The van der Waals surface area contributed by atoms with Gasteiger partial charge in [0.05, 0.1) is 28.5 Å². The first-order valence-electron chi connectivity index (χ1n) is 12.2. The van der Waals surface area contributed by atoms with Crippen LogP contribution in [0.3, 0.4) is 0 Å². The number of rotatable bonds is 6. The number of hydrogen-bond acceptors (Lipinski definition) is 8. The molecule has 2 aliphatic rings. The lowest BCUT2D eigenvalue weighted by Gasteiger charge is -2.26. The molecule has 0 saturated carbocycles. The minimum atomic E-state index is -0.743. The molecule has 5 rings (SSSR count). The highest BCUT2D eigenvalue weighted by molar-refractivity contribution is 7.07. The van der Waals surface area contributed by atoms with E-state index in [4.69, 9.17) is 18.9 Å². The number of ether oxygens (including phenoxy) is 4. The molecule has 3 aromatic rings. The van der Waals surface area contributed by atoms with Gasteiger partial charge in [0.15, 0.2) is 16.3 Å². The summed E-state index contributed by atoms with van der Waals surface area (Å²) in [6.07, 6.45) is 1.71. The third-order valence-corrected chi connectivity index (χ3v) is 6.94. The first kappa shape index (κ1) is 24.8. The molecular formula is C28H28N2O6S. The zero-order valence-electron chi connectivity index (χ0n) is 21.1. The molecule has 0 spiro atoms. The highest BCUT2D eigenvalue weighted by Crippen LogP contribution is 2.36. The number of benzene rings is 2. The largest absolute Gasteiger partial charge is 0.491 e. The maximum Gasteiger partial charge on any atom is 0.338 e. The molecule has 37 heavy (non-hydrogen) atoms. The topological polar surface area (TPSA) is 88.4 Å². The molecule has 0 N–H and O–H groups in total. The lowest BCUT2D eigenvalue weighted by Crippen LogP contribution is -2.40. The van der Waals surface area contributed by atoms with Crippen LogP contribution < -0.4 is 29.1 Å². The molecule has 1 aromatic heterocycles. The molecule has 0 fully saturated rings. The Morgan fingerprint density at radius 1 is 1.19 bits per heavy atom. The molecule has 9 heteroatoms. The van der Waals surface area contributed by atoms with E-state index in [1.165, 1.54) is 11.3 Å². The van der Waals surface area contributed by atoms with Crippen LogP contribution in [0.15, 0.2) is 63.5 Å². The fraction of sp³-hybridized carbons (Fsp3) is 0.321. The summed E-state index contributed by atoms with van der Waals surface area (Å²) >= 11 is 1.27. The zero-order valence-corrected chi connectivity index (χ0v) is 22.0. The van der Waals surface area contributed by atoms with E-state index in [2.05, 4.69) is 4.99 Å². The van der Waals surface area contributed by atoms with Crippen molar-refractivity contribution in [3.05, 3.63) is 84.5 Å². The minimum Gasteiger partial charge on any atom is -0.491 e. The van der Waals surface area contributed by atoms with Gasteiger partial charge in [0.25, 0.3) is 5.56 Å². The molecule has 0 amide bonds. The molecule has 192 valence electrons. The number of para-hydroxylation sites is 1. The van der Waals surface area contributed by atoms with Crippen LogP contribution in [-0.2, 0) is 9.53 Å². The van der Waals surface area contributed by atoms with Crippen LogP contribution in [0.25, 0.3) is 6.08 Å². The minimum absolute atomic E-state index is 0.0942. The number of esters is 1. The Labute approximate surface area is 218 Å². The van der Waals surface area contributed by atoms with E-state index in [0.29, 0.717) is 56.6 Å². The summed E-state index contributed by atoms with van der Waals surface area (Å²) in [4.78, 5) is 32.2. The molecule has 0 unspecified atom stereocenters. The third-order valence-electron chi connectivity index (χ3n) is 5.96. The summed E-state index contributed by atoms with van der Waals surface area (Å²) in [6, 6.07) is 12.3. The van der Waals surface area contributed by atoms with E-state index in [-0.39, 0.29) is 18.3 Å². The van der Waals surface area contributed by atoms with E-state index in [1.54, 1.807) is 24.5 Å². The Morgan fingerprint density at radius 3 is 2.70 bits per heavy atom. The fourth-order valence-electron chi connectivity index (χ4n) is 4.45. The normalized spacial score (nSPS) is 16.9. The Morgan fingerprint density at radius 2 is 1.95 bits per heavy atom. The first-order chi connectivity index (χ1) is 17.9. The molecule has 0 bridgehead atoms. The van der Waals surface area contributed by atoms with Crippen LogP contribution in [0.4, 0.5) is 0 Å². The smallest absolute Gasteiger partial charge is 0.338 e. The molecular weight excluding hydrogens is 492 g/mol. The third kappa shape index (κ3) is 4.79. The van der Waals surface area contributed by atoms with E-state index >= 15 is 0 Å². The van der Waals surface area contributed by atoms with Crippen LogP contribution >= 0.6 is 11.3 Å². The Hall–Kier alpha value is -3.85. The highest BCUT2D eigenvalue weighted by Gasteiger charge is 2.35. The highest BCUT2D eigenvalue weighted by atomic mass is 32.1. The van der Waals surface area contributed by atoms with E-state index in [9.17, 15) is 9.59 Å². The van der Waals surface area contributed by atoms with Crippen molar-refractivity contribution in [2.75, 3.05) is 19.8 Å². The summed E-state index contributed by atoms with van der Waals surface area (Å²) in [5.41, 5.74) is 2.07. The second-order valence-corrected chi connectivity index (χ2v) is 9.92. The molecule has 0 saturated heterocycles. The number of allylic oxidation sites excluding steroid dienone is 1. The lowest BCUT2D eigenvalue weighted by atomic mass is 9.95. The SMILES string of the molecule is CCOC(=O)C1=C(C)N=c2s/c(=C\c3ccc4c(c3)OCCO4)c(=O)n2[C@H]1c1ccccc1OC(C)C. The molecule has 2 aliphatic heterocycles. The van der Waals surface area contributed by atoms with Crippen molar-refractivity contribution >= 4 is 23.4 Å². The molecule has 8 nitrogen and oxygen atoms in total. The van der Waals surface area contributed by atoms with E-state index < -0.39 is 12.0 Å². The average Bonchev–Trinajstić information content (AvgIpc) is 3.17. The summed E-state index contributed by atoms with van der Waals surface area (Å²) in [7, 11) is 0. The second-order valence-electron chi connectivity index (χ2n) is 8.91. The van der Waals surface area contributed by atoms with Crippen LogP contribution in [0.5, 0.6) is 17.2 Å². The van der Waals surface area contributed by atoms with Gasteiger partial charge in [-0.3, -0.25) is 9.36 Å². The second kappa shape index (κ2) is 10.3. The first-order valence-corrected chi connectivity index (χ1v) is 13.0. The molecule has 1 atom stereocenters. The van der Waals surface area contributed by atoms with Crippen molar-refractivity contribution in [1.29, 1.82) is 0 Å². The Kier molecular flexibility index (Phi) is 6.88. The van der Waals surface area contributed by atoms with Crippen LogP contribution in [-0.4, -0.2) is 36.5 Å². The van der Waals surface area contributed by atoms with Gasteiger partial charge in [-0.25, -0.2) is 9.79 Å². The molecule has 0 aliphatic carbocycles. The van der Waals surface area contributed by atoms with Crippen molar-refractivity contribution < 1.29 is 23.7 Å². The van der Waals surface area contributed by atoms with Crippen molar-refractivity contribution in [3.63, 3.8) is 0 Å². The molecule has 0 radical (unpaired) electrons. The maximum atomic E-state index is 13.9. The van der Waals surface area contributed by atoms with Gasteiger partial charge >= 0.3 is 5.97 Å². The van der Waals surface area contributed by atoms with Crippen molar-refractivity contribution in [1.82, 2.24) is 4.57 Å². The van der Waals surface area contributed by atoms with Crippen LogP contribution in [0.2, 0.25) is 0 Å². The Balaban J connectivity index is 1.70. The predicted octanol–water partition coefficient (Wildman–Crippen LogP) is 3.36. The molecule has 2 aromatic carbocycles. The summed E-state index contributed by atoms with van der Waals surface area (Å²) in [5, 5.41) is 0. The Bertz CT molecular complexity index is 1570. The van der Waals surface area contributed by atoms with E-state index in [0.717, 1.165) is 5.56 Å². The summed E-state index contributed by atoms with van der Waals surface area (Å²) < 4.78 is 24.8. The average molecular weight is 521 g/mol. The number of carbonyl (C=O) groups is 1. The number of fused-ring (bicyclic) bond motifs is 2. The van der Waals surface area contributed by atoms with Gasteiger partial charge in [-0.15, -0.1) is 0 Å². The number of thiazole rings is 1.